The second-order valence-corrected chi connectivity index (χ2v) is 9.13. The van der Waals surface area contributed by atoms with Crippen LogP contribution in [0.4, 0.5) is 0 Å². The zero-order chi connectivity index (χ0) is 23.5. The number of likely N-dealkylation sites (tertiary alicyclic amines) is 1. The van der Waals surface area contributed by atoms with Gasteiger partial charge in [-0.15, -0.1) is 0 Å². The number of aromatic amines is 1. The molecule has 2 N–H and O–H groups in total. The van der Waals surface area contributed by atoms with Crippen LogP contribution < -0.4 is 14.8 Å². The third-order valence-corrected chi connectivity index (χ3v) is 6.76. The first-order chi connectivity index (χ1) is 16.0. The number of hydrogen-bond donors (Lipinski definition) is 2. The van der Waals surface area contributed by atoms with Crippen molar-refractivity contribution in [1.29, 1.82) is 0 Å². The molecule has 1 aromatic heterocycles. The van der Waals surface area contributed by atoms with Gasteiger partial charge in [0.25, 0.3) is 0 Å². The van der Waals surface area contributed by atoms with Crippen molar-refractivity contribution < 1.29 is 14.3 Å². The van der Waals surface area contributed by atoms with Crippen molar-refractivity contribution in [1.82, 2.24) is 15.2 Å². The number of hydrogen-bond acceptors (Lipinski definition) is 4. The lowest BCUT2D eigenvalue weighted by Gasteiger charge is -2.32. The Hall–Kier alpha value is -2.99. The van der Waals surface area contributed by atoms with Crippen LogP contribution in [0.5, 0.6) is 11.5 Å². The lowest BCUT2D eigenvalue weighted by atomic mass is 9.87. The molecule has 0 unspecified atom stereocenters. The molecule has 1 aliphatic rings. The molecule has 0 bridgehead atoms. The standard InChI is InChI=1S/C27H35N3O3/c1-17(2)26-21-14-19(18-10-12-30(13-11-18)25(31)16-28-3)6-8-22(21)29-27(26)20-7-9-23(32-4)24(15-20)33-5/h6-9,14-15,17-18,28-29H,10-13,16H2,1-5H3. The minimum atomic E-state index is 0.193. The van der Waals surface area contributed by atoms with Gasteiger partial charge in [0.05, 0.1) is 26.5 Å². The number of amides is 1. The number of aromatic nitrogens is 1. The molecule has 33 heavy (non-hydrogen) atoms. The molecule has 4 rings (SSSR count). The van der Waals surface area contributed by atoms with Crippen LogP contribution in [0.3, 0.4) is 0 Å². The fourth-order valence-corrected chi connectivity index (χ4v) is 5.03. The minimum absolute atomic E-state index is 0.193. The predicted molar refractivity (Wildman–Crippen MR) is 133 cm³/mol. The number of carbonyl (C=O) groups is 1. The number of carbonyl (C=O) groups excluding carboxylic acids is 1. The number of likely N-dealkylation sites (N-methyl/N-ethyl adjacent to an activating group) is 1. The van der Waals surface area contributed by atoms with E-state index in [0.717, 1.165) is 54.2 Å². The highest BCUT2D eigenvalue weighted by atomic mass is 16.5. The Bertz CT molecular complexity index is 1130. The summed E-state index contributed by atoms with van der Waals surface area (Å²) in [5.74, 6) is 2.48. The third-order valence-electron chi connectivity index (χ3n) is 6.76. The van der Waals surface area contributed by atoms with Gasteiger partial charge in [-0.2, -0.15) is 0 Å². The second-order valence-electron chi connectivity index (χ2n) is 9.13. The summed E-state index contributed by atoms with van der Waals surface area (Å²) in [5, 5.41) is 4.24. The van der Waals surface area contributed by atoms with Crippen LogP contribution in [0.2, 0.25) is 0 Å². The zero-order valence-electron chi connectivity index (χ0n) is 20.3. The first kappa shape index (κ1) is 23.2. The van der Waals surface area contributed by atoms with E-state index in [9.17, 15) is 4.79 Å². The fraction of sp³-hybridized carbons (Fsp3) is 0.444. The number of nitrogens with zero attached hydrogens (tertiary/aromatic N) is 1. The SMILES string of the molecule is CNCC(=O)N1CCC(c2ccc3[nH]c(-c4ccc(OC)c(OC)c4)c(C(C)C)c3c2)CC1. The monoisotopic (exact) mass is 449 g/mol. The lowest BCUT2D eigenvalue weighted by Crippen LogP contribution is -2.41. The van der Waals surface area contributed by atoms with Crippen molar-refractivity contribution in [3.8, 4) is 22.8 Å². The molecule has 0 aliphatic carbocycles. The molecule has 1 amide bonds. The predicted octanol–water partition coefficient (Wildman–Crippen LogP) is 4.90. The van der Waals surface area contributed by atoms with Gasteiger partial charge in [0.1, 0.15) is 0 Å². The van der Waals surface area contributed by atoms with Crippen LogP contribution in [0.15, 0.2) is 36.4 Å². The van der Waals surface area contributed by atoms with Gasteiger partial charge < -0.3 is 24.7 Å². The third kappa shape index (κ3) is 4.58. The van der Waals surface area contributed by atoms with E-state index < -0.39 is 0 Å². The van der Waals surface area contributed by atoms with Gasteiger partial charge in [-0.25, -0.2) is 0 Å². The van der Waals surface area contributed by atoms with Gasteiger partial charge in [0, 0.05) is 29.6 Å². The maximum Gasteiger partial charge on any atom is 0.236 e. The van der Waals surface area contributed by atoms with Crippen LogP contribution >= 0.6 is 0 Å². The molecular formula is C27H35N3O3. The molecule has 6 heteroatoms. The molecular weight excluding hydrogens is 414 g/mol. The van der Waals surface area contributed by atoms with Gasteiger partial charge in [0.2, 0.25) is 5.91 Å². The maximum atomic E-state index is 12.2. The van der Waals surface area contributed by atoms with E-state index in [-0.39, 0.29) is 5.91 Å². The first-order valence-corrected chi connectivity index (χ1v) is 11.8. The summed E-state index contributed by atoms with van der Waals surface area (Å²) in [6.07, 6.45) is 2.01. The summed E-state index contributed by atoms with van der Waals surface area (Å²) in [4.78, 5) is 17.8. The fourth-order valence-electron chi connectivity index (χ4n) is 5.03. The van der Waals surface area contributed by atoms with Crippen LogP contribution in [-0.4, -0.2) is 56.7 Å². The van der Waals surface area contributed by atoms with E-state index >= 15 is 0 Å². The molecule has 1 aliphatic heterocycles. The Balaban J connectivity index is 1.66. The largest absolute Gasteiger partial charge is 0.493 e. The number of H-pyrrole nitrogens is 1. The van der Waals surface area contributed by atoms with Crippen LogP contribution in [0.1, 0.15) is 49.7 Å². The molecule has 0 spiro atoms. The van der Waals surface area contributed by atoms with E-state index in [0.29, 0.717) is 18.4 Å². The molecule has 0 saturated carbocycles. The van der Waals surface area contributed by atoms with E-state index in [1.165, 1.54) is 16.5 Å². The van der Waals surface area contributed by atoms with E-state index in [1.54, 1.807) is 14.2 Å². The molecule has 2 heterocycles. The van der Waals surface area contributed by atoms with Crippen molar-refractivity contribution in [3.05, 3.63) is 47.5 Å². The highest BCUT2D eigenvalue weighted by Crippen LogP contribution is 2.40. The van der Waals surface area contributed by atoms with Crippen LogP contribution in [-0.2, 0) is 4.79 Å². The summed E-state index contributed by atoms with van der Waals surface area (Å²) in [7, 11) is 5.14. The van der Waals surface area contributed by atoms with Crippen molar-refractivity contribution in [2.24, 2.45) is 0 Å². The summed E-state index contributed by atoms with van der Waals surface area (Å²) in [6, 6.07) is 12.9. The van der Waals surface area contributed by atoms with Gasteiger partial charge in [-0.1, -0.05) is 19.9 Å². The zero-order valence-corrected chi connectivity index (χ0v) is 20.3. The summed E-state index contributed by atoms with van der Waals surface area (Å²) in [6.45, 7) is 6.54. The first-order valence-electron chi connectivity index (χ1n) is 11.8. The molecule has 6 nitrogen and oxygen atoms in total. The van der Waals surface area contributed by atoms with Crippen molar-refractivity contribution >= 4 is 16.8 Å². The highest BCUT2D eigenvalue weighted by Gasteiger charge is 2.25. The number of ether oxygens (including phenoxy) is 2. The Kier molecular flexibility index (Phi) is 6.94. The lowest BCUT2D eigenvalue weighted by molar-refractivity contribution is -0.131. The normalized spacial score (nSPS) is 14.8. The highest BCUT2D eigenvalue weighted by molar-refractivity contribution is 5.92. The number of methoxy groups -OCH3 is 2. The molecule has 1 saturated heterocycles. The van der Waals surface area contributed by atoms with Crippen LogP contribution in [0.25, 0.3) is 22.2 Å². The van der Waals surface area contributed by atoms with Crippen LogP contribution in [0, 0.1) is 0 Å². The maximum absolute atomic E-state index is 12.2. The Morgan fingerprint density at radius 1 is 1.09 bits per heavy atom. The molecule has 0 atom stereocenters. The number of fused-ring (bicyclic) bond motifs is 1. The Morgan fingerprint density at radius 3 is 2.45 bits per heavy atom. The molecule has 3 aromatic rings. The topological polar surface area (TPSA) is 66.6 Å². The minimum Gasteiger partial charge on any atom is -0.493 e. The Morgan fingerprint density at radius 2 is 1.82 bits per heavy atom. The number of rotatable bonds is 7. The molecule has 176 valence electrons. The smallest absolute Gasteiger partial charge is 0.236 e. The summed E-state index contributed by atoms with van der Waals surface area (Å²) >= 11 is 0. The second kappa shape index (κ2) is 9.87. The molecule has 1 fully saturated rings. The van der Waals surface area contributed by atoms with Gasteiger partial charge in [0.15, 0.2) is 11.5 Å². The van der Waals surface area contributed by atoms with E-state index in [2.05, 4.69) is 48.4 Å². The van der Waals surface area contributed by atoms with Crippen molar-refractivity contribution in [2.45, 2.75) is 38.5 Å². The summed E-state index contributed by atoms with van der Waals surface area (Å²) in [5.41, 5.74) is 6.05. The number of nitrogens with one attached hydrogen (secondary N) is 2. The molecule has 2 aromatic carbocycles. The van der Waals surface area contributed by atoms with E-state index in [1.807, 2.05) is 24.1 Å². The number of benzene rings is 2. The Labute approximate surface area is 196 Å². The summed E-state index contributed by atoms with van der Waals surface area (Å²) < 4.78 is 11.0. The van der Waals surface area contributed by atoms with Gasteiger partial charge in [-0.05, 0) is 73.2 Å². The van der Waals surface area contributed by atoms with Crippen molar-refractivity contribution in [2.75, 3.05) is 40.9 Å². The van der Waals surface area contributed by atoms with E-state index in [4.69, 9.17) is 9.47 Å². The van der Waals surface area contributed by atoms with Gasteiger partial charge in [-0.3, -0.25) is 4.79 Å². The quantitative estimate of drug-likeness (QED) is 0.538. The number of piperidine rings is 1. The average molecular weight is 450 g/mol. The van der Waals surface area contributed by atoms with Gasteiger partial charge >= 0.3 is 0 Å². The van der Waals surface area contributed by atoms with Crippen molar-refractivity contribution in [3.63, 3.8) is 0 Å². The average Bonchev–Trinajstić information content (AvgIpc) is 3.23. The molecule has 0 radical (unpaired) electrons.